The largest absolute Gasteiger partial charge is 0.487 e. The summed E-state index contributed by atoms with van der Waals surface area (Å²) in [6, 6.07) is 4.29. The van der Waals surface area contributed by atoms with E-state index < -0.39 is 10.9 Å². The van der Waals surface area contributed by atoms with Crippen LogP contribution in [0.4, 0.5) is 5.69 Å². The molecule has 0 aliphatic rings. The van der Waals surface area contributed by atoms with Crippen molar-refractivity contribution in [2.24, 2.45) is 0 Å². The van der Waals surface area contributed by atoms with E-state index >= 15 is 0 Å². The number of ether oxygens (including phenoxy) is 2. The summed E-state index contributed by atoms with van der Waals surface area (Å²) >= 11 is 0. The summed E-state index contributed by atoms with van der Waals surface area (Å²) in [6.07, 6.45) is 0.356. The van der Waals surface area contributed by atoms with Crippen molar-refractivity contribution in [2.45, 2.75) is 12.8 Å². The number of methoxy groups -OCH3 is 1. The number of nitro benzene ring substituents is 1. The zero-order valence-electron chi connectivity index (χ0n) is 10.5. The molecule has 1 rings (SSSR count). The van der Waals surface area contributed by atoms with Crippen LogP contribution in [0.1, 0.15) is 12.0 Å². The number of aliphatic hydroxyl groups excluding tert-OH is 1. The quantitative estimate of drug-likeness (QED) is 0.344. The SMILES string of the molecule is COC(=O)Cc1ccc(OCCCO)c([N+](=O)[O-])c1. The minimum atomic E-state index is -0.574. The van der Waals surface area contributed by atoms with Crippen molar-refractivity contribution >= 4 is 11.7 Å². The lowest BCUT2D eigenvalue weighted by Crippen LogP contribution is -2.06. The maximum Gasteiger partial charge on any atom is 0.311 e. The van der Waals surface area contributed by atoms with Crippen molar-refractivity contribution in [3.63, 3.8) is 0 Å². The zero-order valence-corrected chi connectivity index (χ0v) is 10.5. The third-order valence-corrected chi connectivity index (χ3v) is 2.36. The van der Waals surface area contributed by atoms with E-state index in [1.165, 1.54) is 19.2 Å². The van der Waals surface area contributed by atoms with Gasteiger partial charge in [0.15, 0.2) is 5.75 Å². The van der Waals surface area contributed by atoms with Gasteiger partial charge in [0.05, 0.1) is 25.1 Å². The Morgan fingerprint density at radius 2 is 2.21 bits per heavy atom. The van der Waals surface area contributed by atoms with Crippen LogP contribution in [-0.2, 0) is 16.0 Å². The van der Waals surface area contributed by atoms with Crippen molar-refractivity contribution in [3.8, 4) is 5.75 Å². The van der Waals surface area contributed by atoms with Crippen molar-refractivity contribution in [1.29, 1.82) is 0 Å². The molecule has 0 spiro atoms. The van der Waals surface area contributed by atoms with Gasteiger partial charge in [-0.15, -0.1) is 0 Å². The topological polar surface area (TPSA) is 98.9 Å². The molecule has 0 atom stereocenters. The van der Waals surface area contributed by atoms with E-state index in [0.717, 1.165) is 0 Å². The summed E-state index contributed by atoms with van der Waals surface area (Å²) in [6.45, 7) is 0.141. The summed E-state index contributed by atoms with van der Waals surface area (Å²) in [5.41, 5.74) is 0.271. The highest BCUT2D eigenvalue weighted by atomic mass is 16.6. The van der Waals surface area contributed by atoms with Gasteiger partial charge in [-0.1, -0.05) is 6.07 Å². The van der Waals surface area contributed by atoms with Gasteiger partial charge in [-0.3, -0.25) is 14.9 Å². The van der Waals surface area contributed by atoms with Crippen LogP contribution in [0.5, 0.6) is 5.75 Å². The molecule has 0 unspecified atom stereocenters. The number of esters is 1. The van der Waals surface area contributed by atoms with E-state index in [9.17, 15) is 14.9 Å². The van der Waals surface area contributed by atoms with Gasteiger partial charge in [0.25, 0.3) is 0 Å². The molecule has 1 aromatic carbocycles. The van der Waals surface area contributed by atoms with Gasteiger partial charge in [0, 0.05) is 19.1 Å². The monoisotopic (exact) mass is 269 g/mol. The lowest BCUT2D eigenvalue weighted by atomic mass is 10.1. The van der Waals surface area contributed by atoms with Gasteiger partial charge in [0.1, 0.15) is 0 Å². The van der Waals surface area contributed by atoms with E-state index in [1.54, 1.807) is 6.07 Å². The van der Waals surface area contributed by atoms with Gasteiger partial charge >= 0.3 is 11.7 Å². The molecule has 19 heavy (non-hydrogen) atoms. The third-order valence-electron chi connectivity index (χ3n) is 2.36. The number of aliphatic hydroxyl groups is 1. The molecule has 0 saturated carbocycles. The van der Waals surface area contributed by atoms with Gasteiger partial charge in [-0.05, 0) is 11.6 Å². The number of nitrogens with zero attached hydrogens (tertiary/aromatic N) is 1. The van der Waals surface area contributed by atoms with Crippen molar-refractivity contribution < 1.29 is 24.3 Å². The van der Waals surface area contributed by atoms with Crippen LogP contribution in [0.3, 0.4) is 0 Å². The predicted molar refractivity (Wildman–Crippen MR) is 66.0 cm³/mol. The molecule has 104 valence electrons. The fraction of sp³-hybridized carbons (Fsp3) is 0.417. The smallest absolute Gasteiger partial charge is 0.311 e. The molecule has 0 saturated heterocycles. The van der Waals surface area contributed by atoms with Crippen molar-refractivity contribution in [2.75, 3.05) is 20.3 Å². The van der Waals surface area contributed by atoms with Crippen LogP contribution in [0, 0.1) is 10.1 Å². The van der Waals surface area contributed by atoms with Gasteiger partial charge in [0.2, 0.25) is 0 Å². The molecule has 7 heteroatoms. The van der Waals surface area contributed by atoms with Crippen LogP contribution in [-0.4, -0.2) is 36.3 Å². The molecule has 7 nitrogen and oxygen atoms in total. The first-order valence-corrected chi connectivity index (χ1v) is 5.66. The van der Waals surface area contributed by atoms with Crippen LogP contribution in [0.15, 0.2) is 18.2 Å². The first-order valence-electron chi connectivity index (χ1n) is 5.66. The lowest BCUT2D eigenvalue weighted by Gasteiger charge is -2.07. The first-order chi connectivity index (χ1) is 9.08. The molecule has 0 fully saturated rings. The zero-order chi connectivity index (χ0) is 14.3. The Balaban J connectivity index is 2.88. The second-order valence-corrected chi connectivity index (χ2v) is 3.74. The van der Waals surface area contributed by atoms with E-state index in [-0.39, 0.29) is 31.1 Å². The first kappa shape index (κ1) is 14.9. The van der Waals surface area contributed by atoms with E-state index in [2.05, 4.69) is 4.74 Å². The maximum atomic E-state index is 11.1. The summed E-state index contributed by atoms with van der Waals surface area (Å²) in [5, 5.41) is 19.5. The minimum Gasteiger partial charge on any atom is -0.487 e. The Kier molecular flexibility index (Phi) is 5.74. The van der Waals surface area contributed by atoms with E-state index in [1.807, 2.05) is 0 Å². The molecular formula is C12H15NO6. The average molecular weight is 269 g/mol. The van der Waals surface area contributed by atoms with Crippen LogP contribution >= 0.6 is 0 Å². The number of rotatable bonds is 7. The van der Waals surface area contributed by atoms with E-state index in [0.29, 0.717) is 12.0 Å². The molecule has 0 heterocycles. The lowest BCUT2D eigenvalue weighted by molar-refractivity contribution is -0.385. The molecule has 0 amide bonds. The highest BCUT2D eigenvalue weighted by Gasteiger charge is 2.17. The second-order valence-electron chi connectivity index (χ2n) is 3.74. The molecule has 1 N–H and O–H groups in total. The van der Waals surface area contributed by atoms with Crippen LogP contribution in [0.25, 0.3) is 0 Å². The molecular weight excluding hydrogens is 254 g/mol. The second kappa shape index (κ2) is 7.32. The van der Waals surface area contributed by atoms with Crippen molar-refractivity contribution in [1.82, 2.24) is 0 Å². The van der Waals surface area contributed by atoms with E-state index in [4.69, 9.17) is 9.84 Å². The Labute approximate surface area is 109 Å². The number of hydrogen-bond acceptors (Lipinski definition) is 6. The number of carbonyl (C=O) groups excluding carboxylic acids is 1. The Bertz CT molecular complexity index is 460. The van der Waals surface area contributed by atoms with Gasteiger partial charge in [-0.25, -0.2) is 0 Å². The third kappa shape index (κ3) is 4.55. The molecule has 0 aromatic heterocycles. The van der Waals surface area contributed by atoms with Crippen LogP contribution < -0.4 is 4.74 Å². The summed E-state index contributed by atoms with van der Waals surface area (Å²) < 4.78 is 9.70. The Morgan fingerprint density at radius 1 is 1.47 bits per heavy atom. The normalized spacial score (nSPS) is 10.0. The summed E-state index contributed by atoms with van der Waals surface area (Å²) in [4.78, 5) is 21.5. The average Bonchev–Trinajstić information content (AvgIpc) is 2.40. The standard InChI is InChI=1S/C12H15NO6/c1-18-12(15)8-9-3-4-11(19-6-2-5-14)10(7-9)13(16)17/h3-4,7,14H,2,5-6,8H2,1H3. The highest BCUT2D eigenvalue weighted by molar-refractivity contribution is 5.73. The predicted octanol–water partition coefficient (Wildman–Crippen LogP) is 1.07. The summed E-state index contributed by atoms with van der Waals surface area (Å²) in [5.74, 6) is -0.352. The molecule has 1 aromatic rings. The fourth-order valence-electron chi connectivity index (χ4n) is 1.42. The van der Waals surface area contributed by atoms with Gasteiger partial charge < -0.3 is 14.6 Å². The van der Waals surface area contributed by atoms with Crippen LogP contribution in [0.2, 0.25) is 0 Å². The number of nitro groups is 1. The maximum absolute atomic E-state index is 11.1. The minimum absolute atomic E-state index is 0.0335. The highest BCUT2D eigenvalue weighted by Crippen LogP contribution is 2.28. The number of benzene rings is 1. The molecule has 0 aliphatic heterocycles. The number of carbonyl (C=O) groups is 1. The Morgan fingerprint density at radius 3 is 2.79 bits per heavy atom. The Hall–Kier alpha value is -2.15. The molecule has 0 bridgehead atoms. The van der Waals surface area contributed by atoms with Gasteiger partial charge in [-0.2, -0.15) is 0 Å². The number of hydrogen-bond donors (Lipinski definition) is 1. The van der Waals surface area contributed by atoms with Crippen molar-refractivity contribution in [3.05, 3.63) is 33.9 Å². The summed E-state index contributed by atoms with van der Waals surface area (Å²) in [7, 11) is 1.25. The fourth-order valence-corrected chi connectivity index (χ4v) is 1.42. The molecule has 0 aliphatic carbocycles. The molecule has 0 radical (unpaired) electrons.